The molecule has 1 aliphatic heterocycles. The van der Waals surface area contributed by atoms with Crippen LogP contribution < -0.4 is 9.64 Å². The third-order valence-electron chi connectivity index (χ3n) is 3.92. The Bertz CT molecular complexity index is 907. The van der Waals surface area contributed by atoms with Crippen LogP contribution in [0.15, 0.2) is 36.4 Å². The van der Waals surface area contributed by atoms with Gasteiger partial charge in [0.2, 0.25) is 0 Å². The number of nitro benzene ring substituents is 1. The van der Waals surface area contributed by atoms with Crippen molar-refractivity contribution in [2.75, 3.05) is 11.4 Å². The number of carbonyl (C=O) groups excluding carboxylic acids is 1. The first-order chi connectivity index (χ1) is 12.6. The number of nitro groups is 1. The minimum Gasteiger partial charge on any atom is -0.456 e. The molecule has 0 unspecified atom stereocenters. The second-order valence-electron chi connectivity index (χ2n) is 7.15. The van der Waals surface area contributed by atoms with E-state index >= 15 is 0 Å². The first kappa shape index (κ1) is 19.0. The largest absolute Gasteiger partial charge is 0.456 e. The van der Waals surface area contributed by atoms with Crippen LogP contribution in [0.25, 0.3) is 0 Å². The first-order valence-corrected chi connectivity index (χ1v) is 8.77. The molecule has 8 heteroatoms. The summed E-state index contributed by atoms with van der Waals surface area (Å²) < 4.78 is 11.2. The molecule has 2 aromatic carbocycles. The van der Waals surface area contributed by atoms with Gasteiger partial charge in [-0.25, -0.2) is 4.79 Å². The molecule has 3 rings (SSSR count). The van der Waals surface area contributed by atoms with Gasteiger partial charge in [0.15, 0.2) is 0 Å². The molecular formula is C19H19ClN2O5. The molecule has 0 spiro atoms. The van der Waals surface area contributed by atoms with Crippen LogP contribution in [0.1, 0.15) is 26.3 Å². The van der Waals surface area contributed by atoms with E-state index in [0.717, 1.165) is 17.7 Å². The fourth-order valence-corrected chi connectivity index (χ4v) is 2.96. The van der Waals surface area contributed by atoms with Crippen molar-refractivity contribution in [1.29, 1.82) is 0 Å². The lowest BCUT2D eigenvalue weighted by molar-refractivity contribution is -0.384. The van der Waals surface area contributed by atoms with Crippen molar-refractivity contribution >= 4 is 29.1 Å². The molecule has 0 fully saturated rings. The quantitative estimate of drug-likeness (QED) is 0.522. The number of nitrogens with zero attached hydrogens (tertiary/aromatic N) is 2. The number of amides is 1. The summed E-state index contributed by atoms with van der Waals surface area (Å²) in [7, 11) is 0. The standard InChI is InChI=1S/C19H19ClN2O5/c1-19(2,3)27-18(23)21-9-8-12-4-6-14(11-16(12)21)26-17-7-5-13(22(24)25)10-15(17)20/h4-7,10-11H,8-9H2,1-3H3. The van der Waals surface area contributed by atoms with Crippen molar-refractivity contribution < 1.29 is 19.2 Å². The van der Waals surface area contributed by atoms with Crippen LogP contribution in [-0.4, -0.2) is 23.2 Å². The van der Waals surface area contributed by atoms with Crippen LogP contribution in [0, 0.1) is 10.1 Å². The zero-order valence-electron chi connectivity index (χ0n) is 15.2. The Labute approximate surface area is 161 Å². The average molecular weight is 391 g/mol. The normalized spacial score (nSPS) is 13.3. The molecule has 0 saturated heterocycles. The van der Waals surface area contributed by atoms with Gasteiger partial charge in [-0.15, -0.1) is 0 Å². The lowest BCUT2D eigenvalue weighted by Crippen LogP contribution is -2.35. The van der Waals surface area contributed by atoms with Crippen LogP contribution in [0.2, 0.25) is 5.02 Å². The molecule has 7 nitrogen and oxygen atoms in total. The maximum absolute atomic E-state index is 12.4. The fraction of sp³-hybridized carbons (Fsp3) is 0.316. The summed E-state index contributed by atoms with van der Waals surface area (Å²) in [4.78, 5) is 24.3. The molecular weight excluding hydrogens is 372 g/mol. The average Bonchev–Trinajstić information content (AvgIpc) is 2.98. The highest BCUT2D eigenvalue weighted by Crippen LogP contribution is 2.37. The maximum atomic E-state index is 12.4. The van der Waals surface area contributed by atoms with Crippen molar-refractivity contribution in [2.24, 2.45) is 0 Å². The summed E-state index contributed by atoms with van der Waals surface area (Å²) in [6, 6.07) is 9.39. The third kappa shape index (κ3) is 4.31. The molecule has 142 valence electrons. The van der Waals surface area contributed by atoms with E-state index in [1.807, 2.05) is 26.8 Å². The van der Waals surface area contributed by atoms with Gasteiger partial charge in [-0.3, -0.25) is 15.0 Å². The van der Waals surface area contributed by atoms with Crippen LogP contribution in [-0.2, 0) is 11.2 Å². The molecule has 0 aliphatic carbocycles. The second kappa shape index (κ2) is 7.08. The number of hydrogen-bond donors (Lipinski definition) is 0. The summed E-state index contributed by atoms with van der Waals surface area (Å²) in [5.41, 5.74) is 1.04. The zero-order valence-corrected chi connectivity index (χ0v) is 15.9. The van der Waals surface area contributed by atoms with Gasteiger partial charge in [0, 0.05) is 24.7 Å². The Morgan fingerprint density at radius 3 is 2.59 bits per heavy atom. The number of benzene rings is 2. The minimum absolute atomic E-state index is 0.114. The maximum Gasteiger partial charge on any atom is 0.414 e. The lowest BCUT2D eigenvalue weighted by atomic mass is 10.1. The Kier molecular flexibility index (Phi) is 4.97. The summed E-state index contributed by atoms with van der Waals surface area (Å²) in [5, 5.41) is 10.9. The van der Waals surface area contributed by atoms with Gasteiger partial charge in [0.05, 0.1) is 15.6 Å². The number of anilines is 1. The first-order valence-electron chi connectivity index (χ1n) is 8.39. The predicted molar refractivity (Wildman–Crippen MR) is 102 cm³/mol. The van der Waals surface area contributed by atoms with Gasteiger partial charge >= 0.3 is 6.09 Å². The topological polar surface area (TPSA) is 81.9 Å². The van der Waals surface area contributed by atoms with Crippen LogP contribution in [0.3, 0.4) is 0 Å². The summed E-state index contributed by atoms with van der Waals surface area (Å²) >= 11 is 6.08. The van der Waals surface area contributed by atoms with Crippen molar-refractivity contribution in [1.82, 2.24) is 0 Å². The summed E-state index contributed by atoms with van der Waals surface area (Å²) in [6.45, 7) is 5.99. The number of non-ortho nitro benzene ring substituents is 1. The summed E-state index contributed by atoms with van der Waals surface area (Å²) in [5.74, 6) is 0.768. The Balaban J connectivity index is 1.83. The zero-order chi connectivity index (χ0) is 19.8. The number of halogens is 1. The third-order valence-corrected chi connectivity index (χ3v) is 4.22. The van der Waals surface area contributed by atoms with Crippen LogP contribution >= 0.6 is 11.6 Å². The van der Waals surface area contributed by atoms with Crippen molar-refractivity contribution in [2.45, 2.75) is 32.8 Å². The minimum atomic E-state index is -0.583. The van der Waals surface area contributed by atoms with E-state index in [1.165, 1.54) is 18.2 Å². The van der Waals surface area contributed by atoms with E-state index in [4.69, 9.17) is 21.1 Å². The molecule has 1 aliphatic rings. The Morgan fingerprint density at radius 1 is 1.22 bits per heavy atom. The molecule has 0 radical (unpaired) electrons. The molecule has 0 atom stereocenters. The highest BCUT2D eigenvalue weighted by molar-refractivity contribution is 6.32. The number of hydrogen-bond acceptors (Lipinski definition) is 5. The highest BCUT2D eigenvalue weighted by Gasteiger charge is 2.29. The predicted octanol–water partition coefficient (Wildman–Crippen LogP) is 5.34. The van der Waals surface area contributed by atoms with E-state index in [9.17, 15) is 14.9 Å². The Hall–Kier alpha value is -2.80. The highest BCUT2D eigenvalue weighted by atomic mass is 35.5. The molecule has 1 heterocycles. The molecule has 2 aromatic rings. The van der Waals surface area contributed by atoms with Gasteiger partial charge in [-0.2, -0.15) is 0 Å². The molecule has 0 bridgehead atoms. The number of ether oxygens (including phenoxy) is 2. The lowest BCUT2D eigenvalue weighted by Gasteiger charge is -2.25. The SMILES string of the molecule is CC(C)(C)OC(=O)N1CCc2ccc(Oc3ccc([N+](=O)[O-])cc3Cl)cc21. The molecule has 0 saturated carbocycles. The van der Waals surface area contributed by atoms with Gasteiger partial charge in [0.25, 0.3) is 5.69 Å². The van der Waals surface area contributed by atoms with Gasteiger partial charge in [-0.1, -0.05) is 17.7 Å². The number of fused-ring (bicyclic) bond motifs is 1. The molecule has 27 heavy (non-hydrogen) atoms. The molecule has 0 aromatic heterocycles. The second-order valence-corrected chi connectivity index (χ2v) is 7.55. The van der Waals surface area contributed by atoms with Gasteiger partial charge in [0.1, 0.15) is 17.1 Å². The number of carbonyl (C=O) groups is 1. The summed E-state index contributed by atoms with van der Waals surface area (Å²) in [6.07, 6.45) is 0.319. The van der Waals surface area contributed by atoms with E-state index in [-0.39, 0.29) is 10.7 Å². The van der Waals surface area contributed by atoms with Crippen molar-refractivity contribution in [3.05, 3.63) is 57.1 Å². The van der Waals surface area contributed by atoms with Crippen LogP contribution in [0.5, 0.6) is 11.5 Å². The fourth-order valence-electron chi connectivity index (χ4n) is 2.74. The molecule has 0 N–H and O–H groups in total. The van der Waals surface area contributed by atoms with Gasteiger partial charge < -0.3 is 9.47 Å². The number of rotatable bonds is 3. The smallest absolute Gasteiger partial charge is 0.414 e. The van der Waals surface area contributed by atoms with E-state index in [2.05, 4.69) is 0 Å². The van der Waals surface area contributed by atoms with Crippen molar-refractivity contribution in [3.63, 3.8) is 0 Å². The molecule has 1 amide bonds. The van der Waals surface area contributed by atoms with Crippen molar-refractivity contribution in [3.8, 4) is 11.5 Å². The van der Waals surface area contributed by atoms with E-state index in [1.54, 1.807) is 17.0 Å². The van der Waals surface area contributed by atoms with E-state index in [0.29, 0.717) is 18.0 Å². The van der Waals surface area contributed by atoms with Gasteiger partial charge in [-0.05, 0) is 44.9 Å². The van der Waals surface area contributed by atoms with E-state index < -0.39 is 16.6 Å². The monoisotopic (exact) mass is 390 g/mol. The Morgan fingerprint density at radius 2 is 1.96 bits per heavy atom. The van der Waals surface area contributed by atoms with Crippen LogP contribution in [0.4, 0.5) is 16.2 Å².